The van der Waals surface area contributed by atoms with E-state index in [4.69, 9.17) is 31.4 Å². The van der Waals surface area contributed by atoms with E-state index in [0.717, 1.165) is 31.5 Å². The first-order valence-corrected chi connectivity index (χ1v) is 40.2. The third-order valence-corrected chi connectivity index (χ3v) is 19.0. The Labute approximate surface area is 695 Å². The van der Waals surface area contributed by atoms with Crippen molar-refractivity contribution in [1.29, 1.82) is 0 Å². The van der Waals surface area contributed by atoms with Crippen molar-refractivity contribution in [3.63, 3.8) is 0 Å². The molecule has 0 radical (unpaired) electrons. The van der Waals surface area contributed by atoms with E-state index in [2.05, 4.69) is 66.8 Å². The first-order valence-electron chi connectivity index (χ1n) is 40.2. The Morgan fingerprint density at radius 3 is 1.36 bits per heavy atom. The van der Waals surface area contributed by atoms with E-state index in [0.29, 0.717) is 166 Å². The Kier molecular flexibility index (Phi) is 35.2. The molecule has 120 heavy (non-hydrogen) atoms. The van der Waals surface area contributed by atoms with E-state index in [1.807, 2.05) is 24.8 Å². The van der Waals surface area contributed by atoms with Gasteiger partial charge in [-0.15, -0.1) is 0 Å². The predicted octanol–water partition coefficient (Wildman–Crippen LogP) is 9.23. The third kappa shape index (κ3) is 29.5. The number of alkyl carbamates (subject to hydrolysis) is 2. The first-order chi connectivity index (χ1) is 57.2. The van der Waals surface area contributed by atoms with Gasteiger partial charge in [0.25, 0.3) is 11.8 Å². The summed E-state index contributed by atoms with van der Waals surface area (Å²) in [6, 6.07) is 17.2. The highest BCUT2D eigenvalue weighted by molar-refractivity contribution is 6.09. The number of aliphatic imine (C=N–C) groups is 2. The fourth-order valence-corrected chi connectivity index (χ4v) is 13.1. The first kappa shape index (κ1) is 93.4. The van der Waals surface area contributed by atoms with Gasteiger partial charge in [-0.3, -0.25) is 38.4 Å². The van der Waals surface area contributed by atoms with Crippen molar-refractivity contribution < 1.29 is 84.5 Å². The lowest BCUT2D eigenvalue weighted by molar-refractivity contribution is -0.136. The van der Waals surface area contributed by atoms with Gasteiger partial charge in [-0.2, -0.15) is 8.78 Å². The fourth-order valence-electron chi connectivity index (χ4n) is 13.1. The monoisotopic (exact) mass is 1670 g/mol. The molecule has 0 bridgehead atoms. The van der Waals surface area contributed by atoms with E-state index in [1.54, 1.807) is 130 Å². The van der Waals surface area contributed by atoms with Crippen molar-refractivity contribution in [3.05, 3.63) is 136 Å². The van der Waals surface area contributed by atoms with E-state index < -0.39 is 76.6 Å². The van der Waals surface area contributed by atoms with Crippen LogP contribution in [-0.4, -0.2) is 207 Å². The molecule has 3 aromatic carbocycles. The number of benzene rings is 3. The summed E-state index contributed by atoms with van der Waals surface area (Å²) in [5, 5.41) is 19.5. The van der Waals surface area contributed by atoms with Crippen LogP contribution in [-0.2, 0) is 43.0 Å². The molecular formula is C84H110F4N18O14. The standard InChI is InChI=1S/C48H59F4N9O9.C36H51N9O5/c1-5-18-61(19-6-15-56-47(67)70-48(2,3)4)46(66)32-24-30-7-8-31(25-36(30)59-37(53)26-32)45(65)58-33-9-10-38(57-28-33)60-20-11-29(12-21-60)44(64)55-17-16-54-39(62)13-22-68-23-14-40(63)69-43-41(51)34(49)27-35(50)42(43)52;1-5-16-45(17-6-14-40-35(49)50-36(2,3)4)34(48)27-20-25-7-8-26(21-29(25)43-30(38)22-27)33(47)42-28-9-10-31(41-23-28)44-18-11-24(12-19-44)32(46)39-15-13-37/h7-10,24-25,27-29H,5-6,11-23,26H2,1-4H3,(H2,53,59)(H,54,62)(H,55,64)(H,56,67)(H,58,65);7-10,20-21,23-24H,5-6,11-19,22,37H2,1-4H3,(H2,38,43)(H,39,46)(H,40,49)(H,42,47). The molecule has 648 valence electrons. The van der Waals surface area contributed by atoms with Gasteiger partial charge in [0, 0.05) is 162 Å². The molecule has 5 aromatic rings. The van der Waals surface area contributed by atoms with Crippen molar-refractivity contribution in [2.45, 2.75) is 144 Å². The minimum absolute atomic E-state index is 0.0138. The highest BCUT2D eigenvalue weighted by atomic mass is 19.2. The van der Waals surface area contributed by atoms with Crippen LogP contribution in [0.4, 0.5) is 61.5 Å². The maximum atomic E-state index is 13.7. The molecule has 6 heterocycles. The molecule has 9 amide bonds. The number of halogens is 4. The largest absolute Gasteiger partial charge is 0.444 e. The van der Waals surface area contributed by atoms with Gasteiger partial charge in [0.15, 0.2) is 11.6 Å². The predicted molar refractivity (Wildman–Crippen MR) is 446 cm³/mol. The van der Waals surface area contributed by atoms with Crippen molar-refractivity contribution in [3.8, 4) is 5.75 Å². The second-order valence-electron chi connectivity index (χ2n) is 30.9. The van der Waals surface area contributed by atoms with Gasteiger partial charge in [-0.1, -0.05) is 26.0 Å². The van der Waals surface area contributed by atoms with Crippen molar-refractivity contribution in [1.82, 2.24) is 46.4 Å². The number of fused-ring (bicyclic) bond motifs is 2. The second kappa shape index (κ2) is 45.2. The number of anilines is 4. The number of nitrogens with one attached hydrogen (secondary N) is 7. The van der Waals surface area contributed by atoms with Crippen LogP contribution in [0.3, 0.4) is 0 Å². The van der Waals surface area contributed by atoms with Crippen molar-refractivity contribution in [2.24, 2.45) is 39.0 Å². The summed E-state index contributed by atoms with van der Waals surface area (Å²) in [5.74, 6) is -9.71. The number of nitrogens with zero attached hydrogens (tertiary/aromatic N) is 8. The normalized spacial score (nSPS) is 14.2. The zero-order valence-corrected chi connectivity index (χ0v) is 69.2. The molecule has 36 heteroatoms. The molecule has 4 aliphatic rings. The lowest BCUT2D eigenvalue weighted by Crippen LogP contribution is -2.42. The molecule has 13 N–H and O–H groups in total. The van der Waals surface area contributed by atoms with Gasteiger partial charge >= 0.3 is 18.2 Å². The second-order valence-corrected chi connectivity index (χ2v) is 30.9. The van der Waals surface area contributed by atoms with Crippen LogP contribution in [0.1, 0.15) is 164 Å². The molecule has 0 saturated carbocycles. The van der Waals surface area contributed by atoms with Gasteiger partial charge in [0.1, 0.15) is 34.5 Å². The SMILES string of the molecule is CCCN(CCCNC(=O)OC(C)(C)C)C(=O)C1=Cc2ccc(C(=O)Nc3ccc(N4CCC(C(=O)NCCN)CC4)nc3)cc2N=C(N)C1.CCCN(CCCNC(=O)OC(C)(C)C)C(=O)C1=Cc2ccc(C(=O)Nc3ccc(N4CCC(C(=O)NCCNC(=O)CCOCCC(=O)Oc5c(F)c(F)cc(F)c5F)CC4)nc3)cc2N=C(N)C1. The number of pyridine rings is 2. The molecule has 0 spiro atoms. The van der Waals surface area contributed by atoms with Crippen LogP contribution < -0.4 is 69.0 Å². The van der Waals surface area contributed by atoms with E-state index in [-0.39, 0.29) is 105 Å². The minimum atomic E-state index is -1.85. The zero-order valence-electron chi connectivity index (χ0n) is 69.2. The molecule has 2 aromatic heterocycles. The summed E-state index contributed by atoms with van der Waals surface area (Å²) in [6.45, 7) is 20.8. The maximum absolute atomic E-state index is 13.7. The lowest BCUT2D eigenvalue weighted by atomic mass is 9.96. The smallest absolute Gasteiger partial charge is 0.407 e. The van der Waals surface area contributed by atoms with E-state index in [1.165, 1.54) is 0 Å². The minimum Gasteiger partial charge on any atom is -0.444 e. The number of rotatable bonds is 34. The molecule has 0 unspecified atom stereocenters. The maximum Gasteiger partial charge on any atom is 0.407 e. The summed E-state index contributed by atoms with van der Waals surface area (Å²) in [5.41, 5.74) is 21.8. The number of hydrogen-bond donors (Lipinski definition) is 10. The van der Waals surface area contributed by atoms with Crippen LogP contribution in [0, 0.1) is 35.1 Å². The number of piperidine rings is 2. The number of nitrogens with two attached hydrogens (primary N) is 3. The number of carbonyl (C=O) groups is 10. The summed E-state index contributed by atoms with van der Waals surface area (Å²) in [7, 11) is 0. The molecule has 2 fully saturated rings. The average molecular weight is 1670 g/mol. The number of amidine groups is 2. The van der Waals surface area contributed by atoms with E-state index in [9.17, 15) is 65.5 Å². The van der Waals surface area contributed by atoms with Crippen molar-refractivity contribution >= 4 is 118 Å². The molecule has 0 aliphatic carbocycles. The highest BCUT2D eigenvalue weighted by Gasteiger charge is 2.31. The van der Waals surface area contributed by atoms with Crippen LogP contribution >= 0.6 is 0 Å². The lowest BCUT2D eigenvalue weighted by Gasteiger charge is -2.32. The Morgan fingerprint density at radius 1 is 0.525 bits per heavy atom. The number of ether oxygens (including phenoxy) is 4. The van der Waals surface area contributed by atoms with Crippen LogP contribution in [0.5, 0.6) is 5.75 Å². The molecule has 0 atom stereocenters. The van der Waals surface area contributed by atoms with Gasteiger partial charge in [0.2, 0.25) is 46.9 Å². The summed E-state index contributed by atoms with van der Waals surface area (Å²) in [4.78, 5) is 153. The number of esters is 1. The van der Waals surface area contributed by atoms with Gasteiger partial charge in [-0.25, -0.2) is 38.3 Å². The van der Waals surface area contributed by atoms with E-state index >= 15 is 0 Å². The summed E-state index contributed by atoms with van der Waals surface area (Å²) >= 11 is 0. The topological polar surface area (TPSA) is 433 Å². The number of hydrogen-bond acceptors (Lipinski definition) is 23. The zero-order chi connectivity index (χ0) is 87.2. The summed E-state index contributed by atoms with van der Waals surface area (Å²) in [6.07, 6.45) is 10.6. The summed E-state index contributed by atoms with van der Waals surface area (Å²) < 4.78 is 74.1. The molecule has 2 saturated heterocycles. The van der Waals surface area contributed by atoms with Crippen LogP contribution in [0.15, 0.2) is 100 Å². The number of carbonyl (C=O) groups excluding carboxylic acids is 10. The third-order valence-electron chi connectivity index (χ3n) is 19.0. The molecule has 32 nitrogen and oxygen atoms in total. The number of amides is 9. The fraction of sp³-hybridized carbons (Fsp3) is 0.476. The molecule has 4 aliphatic heterocycles. The Balaban J connectivity index is 0.000000316. The van der Waals surface area contributed by atoms with Crippen LogP contribution in [0.25, 0.3) is 12.2 Å². The Hall–Kier alpha value is -12.1. The molecule has 9 rings (SSSR count). The Morgan fingerprint density at radius 2 is 0.950 bits per heavy atom. The van der Waals surface area contributed by atoms with Gasteiger partial charge in [0.05, 0.1) is 54.8 Å². The highest BCUT2D eigenvalue weighted by Crippen LogP contribution is 2.33. The van der Waals surface area contributed by atoms with Crippen molar-refractivity contribution in [2.75, 3.05) is 125 Å². The number of aromatic nitrogens is 2. The van der Waals surface area contributed by atoms with Gasteiger partial charge < -0.3 is 93.0 Å². The Bertz CT molecular complexity index is 4550. The average Bonchev–Trinajstić information content (AvgIpc) is 1.72. The van der Waals surface area contributed by atoms with Gasteiger partial charge in [-0.05, 0) is 154 Å². The van der Waals surface area contributed by atoms with Crippen LogP contribution in [0.2, 0.25) is 0 Å². The molecular weight excluding hydrogens is 1560 g/mol. The quantitative estimate of drug-likeness (QED) is 0.00602.